The van der Waals surface area contributed by atoms with Crippen LogP contribution in [0.1, 0.15) is 53.7 Å². The lowest BCUT2D eigenvalue weighted by Crippen LogP contribution is -2.24. The van der Waals surface area contributed by atoms with Crippen LogP contribution in [0.15, 0.2) is 59.8 Å². The number of fused-ring (bicyclic) bond motifs is 2. The quantitative estimate of drug-likeness (QED) is 0.431. The molecular weight excluding hydrogens is 434 g/mol. The van der Waals surface area contributed by atoms with Crippen molar-refractivity contribution in [3.8, 4) is 5.75 Å². The van der Waals surface area contributed by atoms with Gasteiger partial charge >= 0.3 is 0 Å². The first kappa shape index (κ1) is 21.7. The topological polar surface area (TPSA) is 73.1 Å². The highest BCUT2D eigenvalue weighted by Gasteiger charge is 2.29. The molecule has 0 fully saturated rings. The molecule has 2 atom stereocenters. The van der Waals surface area contributed by atoms with Crippen molar-refractivity contribution in [2.24, 2.45) is 5.92 Å². The fourth-order valence-corrected chi connectivity index (χ4v) is 5.11. The van der Waals surface area contributed by atoms with Gasteiger partial charge in [-0.2, -0.15) is 0 Å². The maximum atomic E-state index is 12.9. The van der Waals surface area contributed by atoms with E-state index in [1.165, 1.54) is 5.56 Å². The highest BCUT2D eigenvalue weighted by Crippen LogP contribution is 2.35. The summed E-state index contributed by atoms with van der Waals surface area (Å²) < 4.78 is 7.94. The Hall–Kier alpha value is -3.13. The maximum absolute atomic E-state index is 12.9. The molecule has 170 valence electrons. The largest absolute Gasteiger partial charge is 0.489 e. The van der Waals surface area contributed by atoms with Crippen molar-refractivity contribution in [1.82, 2.24) is 19.7 Å². The van der Waals surface area contributed by atoms with Gasteiger partial charge in [0.2, 0.25) is 11.6 Å². The number of carbonyl (C=O) groups excluding carboxylic acids is 1. The van der Waals surface area contributed by atoms with Crippen molar-refractivity contribution in [1.29, 1.82) is 0 Å². The van der Waals surface area contributed by atoms with Gasteiger partial charge in [0.05, 0.1) is 12.6 Å². The third-order valence-electron chi connectivity index (χ3n) is 6.48. The Morgan fingerprint density at radius 2 is 2.09 bits per heavy atom. The van der Waals surface area contributed by atoms with Crippen molar-refractivity contribution >= 4 is 24.2 Å². The minimum absolute atomic E-state index is 0.00652. The molecule has 0 N–H and O–H groups in total. The molecule has 0 amide bonds. The SMILES string of the molecule is CN1/C(=C/S)[C@@H](CCCC(=O)c2nc3n(n2)C(c2ccccc2)CC3)COc2cccnc21. The van der Waals surface area contributed by atoms with E-state index in [4.69, 9.17) is 4.74 Å². The van der Waals surface area contributed by atoms with Crippen LogP contribution in [0.5, 0.6) is 5.75 Å². The number of rotatable bonds is 6. The molecule has 2 aliphatic rings. The fraction of sp³-hybridized carbons (Fsp3) is 0.360. The molecule has 8 heteroatoms. The predicted molar refractivity (Wildman–Crippen MR) is 130 cm³/mol. The molecule has 0 radical (unpaired) electrons. The average Bonchev–Trinajstić information content (AvgIpc) is 3.41. The second kappa shape index (κ2) is 9.39. The summed E-state index contributed by atoms with van der Waals surface area (Å²) in [4.78, 5) is 23.9. The minimum Gasteiger partial charge on any atom is -0.489 e. The van der Waals surface area contributed by atoms with Crippen molar-refractivity contribution in [2.75, 3.05) is 18.6 Å². The second-order valence-corrected chi connectivity index (χ2v) is 8.78. The van der Waals surface area contributed by atoms with Crippen molar-refractivity contribution in [2.45, 2.75) is 38.1 Å². The highest BCUT2D eigenvalue weighted by molar-refractivity contribution is 7.83. The van der Waals surface area contributed by atoms with E-state index in [0.29, 0.717) is 18.9 Å². The summed E-state index contributed by atoms with van der Waals surface area (Å²) in [7, 11) is 1.97. The summed E-state index contributed by atoms with van der Waals surface area (Å²) in [5, 5.41) is 6.40. The number of nitrogens with zero attached hydrogens (tertiary/aromatic N) is 5. The van der Waals surface area contributed by atoms with E-state index >= 15 is 0 Å². The van der Waals surface area contributed by atoms with Crippen LogP contribution in [0.4, 0.5) is 5.82 Å². The van der Waals surface area contributed by atoms with E-state index in [1.807, 2.05) is 52.4 Å². The number of pyridine rings is 1. The summed E-state index contributed by atoms with van der Waals surface area (Å²) in [6.07, 6.45) is 5.50. The maximum Gasteiger partial charge on any atom is 0.217 e. The van der Waals surface area contributed by atoms with Crippen LogP contribution in [-0.2, 0) is 6.42 Å². The van der Waals surface area contributed by atoms with Crippen LogP contribution >= 0.6 is 12.6 Å². The lowest BCUT2D eigenvalue weighted by molar-refractivity contribution is 0.0966. The first-order valence-corrected chi connectivity index (χ1v) is 11.9. The van der Waals surface area contributed by atoms with Crippen molar-refractivity contribution in [3.05, 3.63) is 77.0 Å². The molecule has 5 rings (SSSR count). The van der Waals surface area contributed by atoms with E-state index in [1.54, 1.807) is 6.20 Å². The molecule has 0 saturated heterocycles. The molecule has 0 bridgehead atoms. The molecule has 2 aromatic heterocycles. The van der Waals surface area contributed by atoms with Gasteiger partial charge in [-0.05, 0) is 42.4 Å². The second-order valence-electron chi connectivity index (χ2n) is 8.52. The molecule has 33 heavy (non-hydrogen) atoms. The van der Waals surface area contributed by atoms with Gasteiger partial charge in [0, 0.05) is 37.7 Å². The Labute approximate surface area is 198 Å². The van der Waals surface area contributed by atoms with E-state index in [2.05, 4.69) is 39.8 Å². The van der Waals surface area contributed by atoms with Crippen LogP contribution in [-0.4, -0.2) is 39.2 Å². The first-order valence-electron chi connectivity index (χ1n) is 11.3. The number of thiol groups is 1. The normalized spacial score (nSPS) is 20.8. The van der Waals surface area contributed by atoms with Gasteiger partial charge in [0.1, 0.15) is 5.82 Å². The van der Waals surface area contributed by atoms with Gasteiger partial charge in [-0.1, -0.05) is 30.3 Å². The number of ether oxygens (including phenoxy) is 1. The lowest BCUT2D eigenvalue weighted by Gasteiger charge is -2.24. The van der Waals surface area contributed by atoms with Gasteiger partial charge in [0.25, 0.3) is 0 Å². The van der Waals surface area contributed by atoms with Crippen LogP contribution in [0.3, 0.4) is 0 Å². The number of carbonyl (C=O) groups is 1. The first-order chi connectivity index (χ1) is 16.2. The van der Waals surface area contributed by atoms with Crippen LogP contribution in [0.25, 0.3) is 0 Å². The zero-order chi connectivity index (χ0) is 22.8. The number of Topliss-reactive ketones (excluding diaryl/α,β-unsaturated/α-hetero) is 1. The fourth-order valence-electron chi connectivity index (χ4n) is 4.73. The van der Waals surface area contributed by atoms with Crippen LogP contribution in [0.2, 0.25) is 0 Å². The minimum atomic E-state index is -0.00652. The van der Waals surface area contributed by atoms with E-state index < -0.39 is 0 Å². The highest BCUT2D eigenvalue weighted by atomic mass is 32.1. The number of aromatic nitrogens is 4. The monoisotopic (exact) mass is 461 g/mol. The van der Waals surface area contributed by atoms with E-state index in [0.717, 1.165) is 48.8 Å². The van der Waals surface area contributed by atoms with Gasteiger partial charge in [-0.3, -0.25) is 4.79 Å². The Balaban J connectivity index is 1.22. The summed E-state index contributed by atoms with van der Waals surface area (Å²) in [6, 6.07) is 14.2. The summed E-state index contributed by atoms with van der Waals surface area (Å²) in [5.74, 6) is 2.89. The third-order valence-corrected chi connectivity index (χ3v) is 6.74. The van der Waals surface area contributed by atoms with E-state index in [9.17, 15) is 4.79 Å². The number of hydrogen-bond acceptors (Lipinski definition) is 7. The third kappa shape index (κ3) is 4.27. The standard InChI is InChI=1S/C25H27N5O2S/c1-29-20(16-33)18(15-32-22-11-6-14-26-25(22)29)9-5-10-21(31)24-27-23-13-12-19(30(23)28-24)17-7-3-2-4-8-17/h2-4,6-8,11,14,16,18-19,33H,5,9-10,12-13,15H2,1H3/b20-16+/t18-,19?/m0/s1. The molecule has 3 aromatic rings. The van der Waals surface area contributed by atoms with E-state index in [-0.39, 0.29) is 17.7 Å². The van der Waals surface area contributed by atoms with Gasteiger partial charge in [-0.15, -0.1) is 17.7 Å². The molecular formula is C25H27N5O2S. The Morgan fingerprint density at radius 1 is 1.24 bits per heavy atom. The number of anilines is 1. The number of hydrogen-bond donors (Lipinski definition) is 1. The number of benzene rings is 1. The molecule has 1 unspecified atom stereocenters. The van der Waals surface area contributed by atoms with Gasteiger partial charge in [0.15, 0.2) is 11.6 Å². The molecule has 2 aliphatic heterocycles. The molecule has 0 saturated carbocycles. The molecule has 4 heterocycles. The molecule has 1 aromatic carbocycles. The average molecular weight is 462 g/mol. The Morgan fingerprint density at radius 3 is 2.91 bits per heavy atom. The summed E-state index contributed by atoms with van der Waals surface area (Å²) in [5.41, 5.74) is 2.24. The van der Waals surface area contributed by atoms with Crippen LogP contribution in [0, 0.1) is 5.92 Å². The predicted octanol–water partition coefficient (Wildman–Crippen LogP) is 4.48. The zero-order valence-electron chi connectivity index (χ0n) is 18.6. The number of aryl methyl sites for hydroxylation is 1. The van der Waals surface area contributed by atoms with Crippen molar-refractivity contribution in [3.63, 3.8) is 0 Å². The smallest absolute Gasteiger partial charge is 0.217 e. The summed E-state index contributed by atoms with van der Waals surface area (Å²) >= 11 is 4.43. The van der Waals surface area contributed by atoms with Crippen LogP contribution < -0.4 is 9.64 Å². The number of ketones is 1. The Bertz CT molecular complexity index is 1180. The van der Waals surface area contributed by atoms with Gasteiger partial charge in [-0.25, -0.2) is 14.6 Å². The molecule has 0 aliphatic carbocycles. The van der Waals surface area contributed by atoms with Crippen molar-refractivity contribution < 1.29 is 9.53 Å². The Kier molecular flexibility index (Phi) is 6.17. The molecule has 0 spiro atoms. The zero-order valence-corrected chi connectivity index (χ0v) is 19.5. The molecule has 7 nitrogen and oxygen atoms in total. The van der Waals surface area contributed by atoms with Gasteiger partial charge < -0.3 is 9.64 Å². The lowest BCUT2D eigenvalue weighted by atomic mass is 9.98. The summed E-state index contributed by atoms with van der Waals surface area (Å²) in [6.45, 7) is 0.527.